The summed E-state index contributed by atoms with van der Waals surface area (Å²) in [6, 6.07) is 0. The molecule has 0 radical (unpaired) electrons. The standard InChI is InChI=1S/C10H15F/c1-10(2,3)8-6-4-5-7-9(8)11/h5,7H,4,6H2,1-3H3. The third-order valence-corrected chi connectivity index (χ3v) is 2.02. The number of hydrogen-bond acceptors (Lipinski definition) is 0. The predicted octanol–water partition coefficient (Wildman–Crippen LogP) is 3.61. The van der Waals surface area contributed by atoms with Crippen molar-refractivity contribution in [1.82, 2.24) is 0 Å². The van der Waals surface area contributed by atoms with Gasteiger partial charge in [-0.3, -0.25) is 0 Å². The fourth-order valence-electron chi connectivity index (χ4n) is 1.37. The highest BCUT2D eigenvalue weighted by molar-refractivity contribution is 5.27. The van der Waals surface area contributed by atoms with Gasteiger partial charge in [0.2, 0.25) is 0 Å². The minimum Gasteiger partial charge on any atom is -0.207 e. The summed E-state index contributed by atoms with van der Waals surface area (Å²) in [7, 11) is 0. The van der Waals surface area contributed by atoms with Gasteiger partial charge in [0.15, 0.2) is 0 Å². The third kappa shape index (κ3) is 1.92. The van der Waals surface area contributed by atoms with Gasteiger partial charge in [-0.2, -0.15) is 0 Å². The van der Waals surface area contributed by atoms with E-state index in [1.165, 1.54) is 0 Å². The van der Waals surface area contributed by atoms with Crippen LogP contribution in [0.15, 0.2) is 23.6 Å². The highest BCUT2D eigenvalue weighted by atomic mass is 19.1. The van der Waals surface area contributed by atoms with E-state index in [-0.39, 0.29) is 11.2 Å². The van der Waals surface area contributed by atoms with Gasteiger partial charge in [0, 0.05) is 0 Å². The Morgan fingerprint density at radius 3 is 2.36 bits per heavy atom. The predicted molar refractivity (Wildman–Crippen MR) is 46.0 cm³/mol. The third-order valence-electron chi connectivity index (χ3n) is 2.02. The van der Waals surface area contributed by atoms with E-state index in [2.05, 4.69) is 20.8 Å². The molecule has 0 spiro atoms. The van der Waals surface area contributed by atoms with Crippen molar-refractivity contribution >= 4 is 0 Å². The first kappa shape index (κ1) is 8.51. The molecule has 0 nitrogen and oxygen atoms in total. The fourth-order valence-corrected chi connectivity index (χ4v) is 1.37. The van der Waals surface area contributed by atoms with E-state index in [0.717, 1.165) is 18.4 Å². The monoisotopic (exact) mass is 154 g/mol. The van der Waals surface area contributed by atoms with Crippen LogP contribution in [0.1, 0.15) is 33.6 Å². The second kappa shape index (κ2) is 2.80. The summed E-state index contributed by atoms with van der Waals surface area (Å²) in [4.78, 5) is 0. The SMILES string of the molecule is CC(C)(C)C1=C(F)C=CCC1. The maximum Gasteiger partial charge on any atom is 0.122 e. The summed E-state index contributed by atoms with van der Waals surface area (Å²) in [6.07, 6.45) is 5.35. The molecule has 0 aromatic carbocycles. The molecule has 0 unspecified atom stereocenters. The van der Waals surface area contributed by atoms with Crippen molar-refractivity contribution < 1.29 is 4.39 Å². The minimum absolute atomic E-state index is 0.00512. The van der Waals surface area contributed by atoms with Crippen molar-refractivity contribution in [2.75, 3.05) is 0 Å². The fraction of sp³-hybridized carbons (Fsp3) is 0.600. The average Bonchev–Trinajstić information content (AvgIpc) is 1.86. The topological polar surface area (TPSA) is 0 Å². The molecule has 1 rings (SSSR count). The zero-order chi connectivity index (χ0) is 8.48. The van der Waals surface area contributed by atoms with Crippen molar-refractivity contribution in [2.24, 2.45) is 5.41 Å². The van der Waals surface area contributed by atoms with Gasteiger partial charge in [-0.15, -0.1) is 0 Å². The van der Waals surface area contributed by atoms with Gasteiger partial charge in [-0.25, -0.2) is 4.39 Å². The quantitative estimate of drug-likeness (QED) is 0.500. The number of hydrogen-bond donors (Lipinski definition) is 0. The zero-order valence-corrected chi connectivity index (χ0v) is 7.45. The molecule has 0 atom stereocenters. The molecule has 0 fully saturated rings. The Labute approximate surface area is 67.8 Å². The van der Waals surface area contributed by atoms with E-state index < -0.39 is 0 Å². The van der Waals surface area contributed by atoms with E-state index in [4.69, 9.17) is 0 Å². The van der Waals surface area contributed by atoms with E-state index in [0.29, 0.717) is 0 Å². The van der Waals surface area contributed by atoms with Gasteiger partial charge in [0.1, 0.15) is 5.83 Å². The molecule has 1 heteroatoms. The van der Waals surface area contributed by atoms with Crippen LogP contribution in [-0.2, 0) is 0 Å². The summed E-state index contributed by atoms with van der Waals surface area (Å²) >= 11 is 0. The summed E-state index contributed by atoms with van der Waals surface area (Å²) in [5.41, 5.74) is 0.953. The molecule has 1 aliphatic rings. The molecule has 0 saturated carbocycles. The normalized spacial score (nSPS) is 19.3. The van der Waals surface area contributed by atoms with Crippen molar-refractivity contribution in [3.05, 3.63) is 23.6 Å². The number of rotatable bonds is 0. The van der Waals surface area contributed by atoms with Crippen LogP contribution in [0.25, 0.3) is 0 Å². The molecule has 0 saturated heterocycles. The van der Waals surface area contributed by atoms with Crippen LogP contribution < -0.4 is 0 Å². The second-order valence-corrected chi connectivity index (χ2v) is 4.02. The van der Waals surface area contributed by atoms with Crippen LogP contribution in [0.4, 0.5) is 4.39 Å². The molecule has 0 aromatic rings. The van der Waals surface area contributed by atoms with E-state index in [1.807, 2.05) is 6.08 Å². The van der Waals surface area contributed by atoms with E-state index in [9.17, 15) is 4.39 Å². The molecule has 11 heavy (non-hydrogen) atoms. The summed E-state index contributed by atoms with van der Waals surface area (Å²) in [6.45, 7) is 6.17. The molecule has 0 aromatic heterocycles. The largest absolute Gasteiger partial charge is 0.207 e. The summed E-state index contributed by atoms with van der Waals surface area (Å²) < 4.78 is 13.1. The first-order chi connectivity index (χ1) is 5.02. The van der Waals surface area contributed by atoms with Crippen molar-refractivity contribution in [3.63, 3.8) is 0 Å². The lowest BCUT2D eigenvalue weighted by Crippen LogP contribution is -2.12. The highest BCUT2D eigenvalue weighted by Gasteiger charge is 2.21. The minimum atomic E-state index is -0.0243. The molecular weight excluding hydrogens is 139 g/mol. The Morgan fingerprint density at radius 2 is 2.00 bits per heavy atom. The Bertz CT molecular complexity index is 203. The first-order valence-corrected chi connectivity index (χ1v) is 4.07. The Kier molecular flexibility index (Phi) is 2.17. The molecule has 0 N–H and O–H groups in total. The lowest BCUT2D eigenvalue weighted by molar-refractivity contribution is 0.452. The number of halogens is 1. The highest BCUT2D eigenvalue weighted by Crippen LogP contribution is 2.34. The summed E-state index contributed by atoms with van der Waals surface area (Å²) in [5, 5.41) is 0. The van der Waals surface area contributed by atoms with Gasteiger partial charge in [-0.05, 0) is 29.9 Å². The second-order valence-electron chi connectivity index (χ2n) is 4.02. The summed E-state index contributed by atoms with van der Waals surface area (Å²) in [5.74, 6) is -0.0243. The van der Waals surface area contributed by atoms with Crippen molar-refractivity contribution in [1.29, 1.82) is 0 Å². The maximum absolute atomic E-state index is 13.1. The lowest BCUT2D eigenvalue weighted by Gasteiger charge is -2.24. The van der Waals surface area contributed by atoms with Crippen LogP contribution in [0, 0.1) is 5.41 Å². The maximum atomic E-state index is 13.1. The molecular formula is C10H15F. The Hall–Kier alpha value is -0.590. The lowest BCUT2D eigenvalue weighted by atomic mass is 9.81. The zero-order valence-electron chi connectivity index (χ0n) is 7.45. The van der Waals surface area contributed by atoms with Crippen LogP contribution in [0.5, 0.6) is 0 Å². The molecule has 1 aliphatic carbocycles. The molecule has 0 aliphatic heterocycles. The average molecular weight is 154 g/mol. The van der Waals surface area contributed by atoms with Gasteiger partial charge in [-0.1, -0.05) is 26.8 Å². The Morgan fingerprint density at radius 1 is 1.36 bits per heavy atom. The van der Waals surface area contributed by atoms with Crippen LogP contribution in [-0.4, -0.2) is 0 Å². The molecule has 0 amide bonds. The van der Waals surface area contributed by atoms with Crippen molar-refractivity contribution in [3.8, 4) is 0 Å². The van der Waals surface area contributed by atoms with E-state index in [1.54, 1.807) is 6.08 Å². The van der Waals surface area contributed by atoms with Crippen molar-refractivity contribution in [2.45, 2.75) is 33.6 Å². The van der Waals surface area contributed by atoms with Crippen LogP contribution >= 0.6 is 0 Å². The van der Waals surface area contributed by atoms with E-state index >= 15 is 0 Å². The van der Waals surface area contributed by atoms with Gasteiger partial charge >= 0.3 is 0 Å². The van der Waals surface area contributed by atoms with Crippen LogP contribution in [0.3, 0.4) is 0 Å². The molecule has 62 valence electrons. The van der Waals surface area contributed by atoms with Gasteiger partial charge < -0.3 is 0 Å². The number of allylic oxidation sites excluding steroid dienone is 4. The van der Waals surface area contributed by atoms with Crippen LogP contribution in [0.2, 0.25) is 0 Å². The first-order valence-electron chi connectivity index (χ1n) is 4.07. The smallest absolute Gasteiger partial charge is 0.122 e. The Balaban J connectivity index is 2.93. The van der Waals surface area contributed by atoms with Gasteiger partial charge in [0.25, 0.3) is 0 Å². The molecule has 0 bridgehead atoms. The molecule has 0 heterocycles. The van der Waals surface area contributed by atoms with Gasteiger partial charge in [0.05, 0.1) is 0 Å².